The molecule has 1 fully saturated rings. The molecule has 0 radical (unpaired) electrons. The summed E-state index contributed by atoms with van der Waals surface area (Å²) in [6.45, 7) is 2.21. The van der Waals surface area contributed by atoms with Crippen LogP contribution in [0, 0.1) is 17.2 Å². The molecule has 1 aromatic rings. The molecular weight excluding hydrogens is 216 g/mol. The van der Waals surface area contributed by atoms with E-state index in [1.807, 2.05) is 11.3 Å². The first-order valence-electron chi connectivity index (χ1n) is 5.97. The van der Waals surface area contributed by atoms with Gasteiger partial charge in [-0.05, 0) is 37.6 Å². The molecule has 3 unspecified atom stereocenters. The van der Waals surface area contributed by atoms with Crippen LogP contribution in [0.25, 0.3) is 0 Å². The van der Waals surface area contributed by atoms with Gasteiger partial charge < -0.3 is 5.32 Å². The maximum Gasteiger partial charge on any atom is 0.0672 e. The molecule has 16 heavy (non-hydrogen) atoms. The van der Waals surface area contributed by atoms with Crippen LogP contribution in [-0.2, 0) is 6.42 Å². The highest BCUT2D eigenvalue weighted by Gasteiger charge is 2.27. The van der Waals surface area contributed by atoms with Crippen LogP contribution in [0.4, 0.5) is 0 Å². The molecule has 2 nitrogen and oxygen atoms in total. The average molecular weight is 234 g/mol. The van der Waals surface area contributed by atoms with E-state index in [-0.39, 0.29) is 5.92 Å². The Kier molecular flexibility index (Phi) is 3.98. The van der Waals surface area contributed by atoms with Gasteiger partial charge in [-0.2, -0.15) is 5.26 Å². The monoisotopic (exact) mass is 234 g/mol. The Morgan fingerprint density at radius 1 is 1.62 bits per heavy atom. The van der Waals surface area contributed by atoms with Crippen molar-refractivity contribution in [2.24, 2.45) is 5.92 Å². The summed E-state index contributed by atoms with van der Waals surface area (Å²) in [5, 5.41) is 14.7. The number of nitrogens with zero attached hydrogens (tertiary/aromatic N) is 1. The number of hydrogen-bond acceptors (Lipinski definition) is 3. The molecule has 1 aromatic heterocycles. The van der Waals surface area contributed by atoms with Crippen LogP contribution in [0.15, 0.2) is 17.5 Å². The standard InChI is InChI=1S/C13H18N2S/c1-10(8-12-5-3-7-16-12)15-13-6-2-4-11(13)9-14/h3,5,7,10-11,13,15H,2,4,6,8H2,1H3. The van der Waals surface area contributed by atoms with Crippen molar-refractivity contribution >= 4 is 11.3 Å². The van der Waals surface area contributed by atoms with E-state index in [4.69, 9.17) is 5.26 Å². The van der Waals surface area contributed by atoms with Gasteiger partial charge in [0, 0.05) is 17.0 Å². The van der Waals surface area contributed by atoms with Gasteiger partial charge in [0.05, 0.1) is 12.0 Å². The zero-order valence-electron chi connectivity index (χ0n) is 9.65. The number of rotatable bonds is 4. The summed E-state index contributed by atoms with van der Waals surface area (Å²) in [5.41, 5.74) is 0. The highest BCUT2D eigenvalue weighted by Crippen LogP contribution is 2.25. The van der Waals surface area contributed by atoms with E-state index >= 15 is 0 Å². The second-order valence-electron chi connectivity index (χ2n) is 4.62. The lowest BCUT2D eigenvalue weighted by atomic mass is 10.0. The molecule has 0 amide bonds. The summed E-state index contributed by atoms with van der Waals surface area (Å²) in [5.74, 6) is 0.228. The Hall–Kier alpha value is -0.850. The van der Waals surface area contributed by atoms with Crippen molar-refractivity contribution in [1.29, 1.82) is 5.26 Å². The van der Waals surface area contributed by atoms with Crippen LogP contribution in [0.5, 0.6) is 0 Å². The van der Waals surface area contributed by atoms with E-state index in [1.165, 1.54) is 11.3 Å². The van der Waals surface area contributed by atoms with E-state index in [0.717, 1.165) is 19.3 Å². The largest absolute Gasteiger partial charge is 0.310 e. The van der Waals surface area contributed by atoms with Gasteiger partial charge in [-0.3, -0.25) is 0 Å². The minimum atomic E-state index is 0.228. The van der Waals surface area contributed by atoms with Gasteiger partial charge in [0.15, 0.2) is 0 Å². The Morgan fingerprint density at radius 3 is 3.19 bits per heavy atom. The SMILES string of the molecule is CC(Cc1cccs1)NC1CCCC1C#N. The van der Waals surface area contributed by atoms with Crippen LogP contribution in [0.2, 0.25) is 0 Å². The van der Waals surface area contributed by atoms with Crippen molar-refractivity contribution < 1.29 is 0 Å². The Balaban J connectivity index is 1.83. The van der Waals surface area contributed by atoms with Gasteiger partial charge in [-0.1, -0.05) is 12.5 Å². The summed E-state index contributed by atoms with van der Waals surface area (Å²) in [6.07, 6.45) is 4.50. The number of hydrogen-bond donors (Lipinski definition) is 1. The second kappa shape index (κ2) is 5.47. The van der Waals surface area contributed by atoms with Crippen molar-refractivity contribution in [3.8, 4) is 6.07 Å². The lowest BCUT2D eigenvalue weighted by molar-refractivity contribution is 0.410. The molecule has 3 heteroatoms. The summed E-state index contributed by atoms with van der Waals surface area (Å²) < 4.78 is 0. The van der Waals surface area contributed by atoms with Crippen LogP contribution >= 0.6 is 11.3 Å². The van der Waals surface area contributed by atoms with E-state index in [0.29, 0.717) is 12.1 Å². The highest BCUT2D eigenvalue weighted by atomic mass is 32.1. The first-order chi connectivity index (χ1) is 7.79. The van der Waals surface area contributed by atoms with Crippen LogP contribution < -0.4 is 5.32 Å². The third-order valence-corrected chi connectivity index (χ3v) is 4.17. The van der Waals surface area contributed by atoms with Gasteiger partial charge in [-0.15, -0.1) is 11.3 Å². The van der Waals surface area contributed by atoms with Crippen molar-refractivity contribution in [1.82, 2.24) is 5.32 Å². The Morgan fingerprint density at radius 2 is 2.50 bits per heavy atom. The molecule has 1 heterocycles. The third kappa shape index (κ3) is 2.84. The summed E-state index contributed by atoms with van der Waals surface area (Å²) in [6, 6.07) is 7.58. The first-order valence-corrected chi connectivity index (χ1v) is 6.85. The van der Waals surface area contributed by atoms with Crippen molar-refractivity contribution in [3.05, 3.63) is 22.4 Å². The Bertz CT molecular complexity index is 353. The van der Waals surface area contributed by atoms with Crippen molar-refractivity contribution in [2.45, 2.75) is 44.7 Å². The molecule has 1 aliphatic rings. The van der Waals surface area contributed by atoms with Gasteiger partial charge in [0.25, 0.3) is 0 Å². The van der Waals surface area contributed by atoms with E-state index < -0.39 is 0 Å². The number of nitrogens with one attached hydrogen (secondary N) is 1. The minimum absolute atomic E-state index is 0.228. The predicted octanol–water partition coefficient (Wildman–Crippen LogP) is 2.96. The molecule has 3 atom stereocenters. The lowest BCUT2D eigenvalue weighted by Crippen LogP contribution is -2.39. The van der Waals surface area contributed by atoms with E-state index in [2.05, 4.69) is 35.8 Å². The fourth-order valence-corrected chi connectivity index (χ4v) is 3.30. The molecule has 1 N–H and O–H groups in total. The number of nitriles is 1. The van der Waals surface area contributed by atoms with Gasteiger partial charge in [0.1, 0.15) is 0 Å². The van der Waals surface area contributed by atoms with Crippen LogP contribution in [0.1, 0.15) is 31.1 Å². The van der Waals surface area contributed by atoms with Crippen molar-refractivity contribution in [2.75, 3.05) is 0 Å². The normalized spacial score (nSPS) is 26.5. The topological polar surface area (TPSA) is 35.8 Å². The summed E-state index contributed by atoms with van der Waals surface area (Å²) in [7, 11) is 0. The second-order valence-corrected chi connectivity index (χ2v) is 5.66. The molecule has 1 aliphatic carbocycles. The van der Waals surface area contributed by atoms with E-state index in [1.54, 1.807) is 0 Å². The molecule has 2 rings (SSSR count). The van der Waals surface area contributed by atoms with Crippen LogP contribution in [-0.4, -0.2) is 12.1 Å². The molecular formula is C13H18N2S. The van der Waals surface area contributed by atoms with Gasteiger partial charge in [-0.25, -0.2) is 0 Å². The molecule has 0 saturated heterocycles. The lowest BCUT2D eigenvalue weighted by Gasteiger charge is -2.21. The molecule has 0 bridgehead atoms. The van der Waals surface area contributed by atoms with Gasteiger partial charge >= 0.3 is 0 Å². The predicted molar refractivity (Wildman–Crippen MR) is 67.4 cm³/mol. The molecule has 0 spiro atoms. The van der Waals surface area contributed by atoms with Gasteiger partial charge in [0.2, 0.25) is 0 Å². The maximum atomic E-state index is 9.02. The molecule has 86 valence electrons. The van der Waals surface area contributed by atoms with Crippen LogP contribution in [0.3, 0.4) is 0 Å². The molecule has 0 aromatic carbocycles. The van der Waals surface area contributed by atoms with Crippen molar-refractivity contribution in [3.63, 3.8) is 0 Å². The smallest absolute Gasteiger partial charge is 0.0672 e. The fraction of sp³-hybridized carbons (Fsp3) is 0.615. The van der Waals surface area contributed by atoms with E-state index in [9.17, 15) is 0 Å². The zero-order valence-corrected chi connectivity index (χ0v) is 10.5. The highest BCUT2D eigenvalue weighted by molar-refractivity contribution is 7.09. The first kappa shape index (κ1) is 11.6. The average Bonchev–Trinajstić information content (AvgIpc) is 2.88. The zero-order chi connectivity index (χ0) is 11.4. The Labute approximate surface area is 101 Å². The number of thiophene rings is 1. The quantitative estimate of drug-likeness (QED) is 0.869. The minimum Gasteiger partial charge on any atom is -0.310 e. The third-order valence-electron chi connectivity index (χ3n) is 3.27. The summed E-state index contributed by atoms with van der Waals surface area (Å²) >= 11 is 1.81. The molecule has 1 saturated carbocycles. The fourth-order valence-electron chi connectivity index (χ4n) is 2.47. The maximum absolute atomic E-state index is 9.02. The summed E-state index contributed by atoms with van der Waals surface area (Å²) in [4.78, 5) is 1.42. The molecule has 0 aliphatic heterocycles.